The molecule has 3 nitrogen and oxygen atoms in total. The molecule has 1 atom stereocenters. The fourth-order valence-electron chi connectivity index (χ4n) is 1.53. The minimum absolute atomic E-state index is 0.414. The van der Waals surface area contributed by atoms with Crippen molar-refractivity contribution in [1.82, 2.24) is 10.4 Å². The number of nitrogens with one attached hydrogen (secondary N) is 1. The number of nitrogens with two attached hydrogens (primary N) is 1. The zero-order valence-electron chi connectivity index (χ0n) is 10.5. The first-order valence-corrected chi connectivity index (χ1v) is 7.95. The summed E-state index contributed by atoms with van der Waals surface area (Å²) in [5.41, 5.74) is 2.52. The Morgan fingerprint density at radius 3 is 2.76 bits per heavy atom. The molecule has 3 N–H and O–H groups in total. The number of hydrazine groups is 1. The van der Waals surface area contributed by atoms with Crippen molar-refractivity contribution >= 4 is 34.7 Å². The molecule has 0 saturated carbocycles. The number of hydrogen-bond donors (Lipinski definition) is 2. The minimum atomic E-state index is -4.43. The molecule has 0 bridgehead atoms. The van der Waals surface area contributed by atoms with E-state index in [9.17, 15) is 13.2 Å². The number of benzene rings is 1. The van der Waals surface area contributed by atoms with Gasteiger partial charge in [-0.15, -0.1) is 23.1 Å². The summed E-state index contributed by atoms with van der Waals surface area (Å²) < 4.78 is 37.6. The summed E-state index contributed by atoms with van der Waals surface area (Å²) in [5, 5.41) is -0.264. The molecular formula is C12H11ClF3N3S2. The van der Waals surface area contributed by atoms with E-state index in [4.69, 9.17) is 17.4 Å². The van der Waals surface area contributed by atoms with E-state index in [1.165, 1.54) is 18.0 Å². The van der Waals surface area contributed by atoms with E-state index in [1.54, 1.807) is 12.1 Å². The zero-order valence-corrected chi connectivity index (χ0v) is 12.9. The molecule has 0 radical (unpaired) electrons. The Bertz CT molecular complexity index is 603. The summed E-state index contributed by atoms with van der Waals surface area (Å²) in [4.78, 5) is 4.76. The van der Waals surface area contributed by atoms with Gasteiger partial charge in [0.25, 0.3) is 0 Å². The number of thiazole rings is 1. The van der Waals surface area contributed by atoms with Crippen LogP contribution in [0.2, 0.25) is 5.02 Å². The lowest BCUT2D eigenvalue weighted by Crippen LogP contribution is -2.29. The van der Waals surface area contributed by atoms with Crippen LogP contribution in [-0.2, 0) is 6.18 Å². The Balaban J connectivity index is 2.05. The van der Waals surface area contributed by atoms with Gasteiger partial charge in [0.15, 0.2) is 5.01 Å². The topological polar surface area (TPSA) is 50.9 Å². The highest BCUT2D eigenvalue weighted by molar-refractivity contribution is 7.99. The highest BCUT2D eigenvalue weighted by Gasteiger charge is 2.35. The van der Waals surface area contributed by atoms with E-state index in [2.05, 4.69) is 10.4 Å². The van der Waals surface area contributed by atoms with Gasteiger partial charge in [-0.1, -0.05) is 17.7 Å². The van der Waals surface area contributed by atoms with Crippen molar-refractivity contribution in [2.24, 2.45) is 5.84 Å². The van der Waals surface area contributed by atoms with Crippen molar-refractivity contribution in [3.05, 3.63) is 45.4 Å². The fourth-order valence-corrected chi connectivity index (χ4v) is 3.75. The zero-order chi connectivity index (χ0) is 15.5. The van der Waals surface area contributed by atoms with Crippen molar-refractivity contribution in [2.75, 3.05) is 5.75 Å². The van der Waals surface area contributed by atoms with Gasteiger partial charge in [0.2, 0.25) is 0 Å². The first-order valence-electron chi connectivity index (χ1n) is 5.77. The molecule has 0 fully saturated rings. The lowest BCUT2D eigenvalue weighted by molar-refractivity contribution is -0.137. The molecule has 0 aliphatic heterocycles. The second-order valence-electron chi connectivity index (χ2n) is 4.05. The van der Waals surface area contributed by atoms with Gasteiger partial charge in [0, 0.05) is 26.7 Å². The minimum Gasteiger partial charge on any atom is -0.271 e. The number of hydrogen-bond acceptors (Lipinski definition) is 5. The monoisotopic (exact) mass is 353 g/mol. The predicted molar refractivity (Wildman–Crippen MR) is 79.4 cm³/mol. The van der Waals surface area contributed by atoms with E-state index in [0.29, 0.717) is 27.0 Å². The SMILES string of the molecule is NNC(CSc1cccc(Cl)c1)c1cnc(C(F)(F)F)s1. The van der Waals surface area contributed by atoms with Gasteiger partial charge < -0.3 is 0 Å². The molecule has 0 amide bonds. The van der Waals surface area contributed by atoms with Gasteiger partial charge in [0.1, 0.15) is 0 Å². The van der Waals surface area contributed by atoms with Crippen LogP contribution < -0.4 is 11.3 Å². The molecule has 0 aliphatic carbocycles. The predicted octanol–water partition coefficient (Wildman–Crippen LogP) is 4.11. The van der Waals surface area contributed by atoms with Crippen molar-refractivity contribution in [2.45, 2.75) is 17.1 Å². The third kappa shape index (κ3) is 4.58. The number of alkyl halides is 3. The Morgan fingerprint density at radius 1 is 1.43 bits per heavy atom. The highest BCUT2D eigenvalue weighted by atomic mass is 35.5. The lowest BCUT2D eigenvalue weighted by atomic mass is 10.3. The van der Waals surface area contributed by atoms with Crippen molar-refractivity contribution in [3.8, 4) is 0 Å². The van der Waals surface area contributed by atoms with Crippen LogP contribution in [0.5, 0.6) is 0 Å². The summed E-state index contributed by atoms with van der Waals surface area (Å²) in [5.74, 6) is 5.89. The Hall–Kier alpha value is -0.800. The molecular weight excluding hydrogens is 343 g/mol. The molecule has 0 spiro atoms. The smallest absolute Gasteiger partial charge is 0.271 e. The number of aromatic nitrogens is 1. The van der Waals surface area contributed by atoms with Crippen LogP contribution in [0.15, 0.2) is 35.4 Å². The molecule has 1 aromatic heterocycles. The maximum Gasteiger partial charge on any atom is 0.443 e. The Morgan fingerprint density at radius 2 is 2.19 bits per heavy atom. The van der Waals surface area contributed by atoms with Crippen LogP contribution in [0.3, 0.4) is 0 Å². The Labute approximate surface area is 132 Å². The normalized spacial score (nSPS) is 13.4. The highest BCUT2D eigenvalue weighted by Crippen LogP contribution is 2.35. The molecule has 1 aromatic carbocycles. The van der Waals surface area contributed by atoms with Crippen LogP contribution in [0.4, 0.5) is 13.2 Å². The van der Waals surface area contributed by atoms with Crippen LogP contribution in [0, 0.1) is 0 Å². The van der Waals surface area contributed by atoms with Gasteiger partial charge in [-0.3, -0.25) is 11.3 Å². The molecule has 0 aliphatic rings. The molecule has 1 heterocycles. The van der Waals surface area contributed by atoms with Gasteiger partial charge in [0.05, 0.1) is 6.04 Å². The molecule has 21 heavy (non-hydrogen) atoms. The molecule has 0 saturated heterocycles. The van der Waals surface area contributed by atoms with E-state index in [1.807, 2.05) is 12.1 Å². The maximum absolute atomic E-state index is 12.5. The van der Waals surface area contributed by atoms with E-state index in [-0.39, 0.29) is 0 Å². The molecule has 2 aromatic rings. The summed E-state index contributed by atoms with van der Waals surface area (Å²) >= 11 is 7.92. The second-order valence-corrected chi connectivity index (χ2v) is 6.65. The summed E-state index contributed by atoms with van der Waals surface area (Å²) in [6.45, 7) is 0. The number of thioether (sulfide) groups is 1. The number of nitrogens with zero attached hydrogens (tertiary/aromatic N) is 1. The number of rotatable bonds is 5. The lowest BCUT2D eigenvalue weighted by Gasteiger charge is -2.13. The van der Waals surface area contributed by atoms with Crippen LogP contribution >= 0.6 is 34.7 Å². The number of halogens is 4. The van der Waals surface area contributed by atoms with Gasteiger partial charge in [-0.05, 0) is 18.2 Å². The van der Waals surface area contributed by atoms with Crippen molar-refractivity contribution in [3.63, 3.8) is 0 Å². The maximum atomic E-state index is 12.5. The summed E-state index contributed by atoms with van der Waals surface area (Å²) in [6, 6.07) is 6.81. The molecule has 1 unspecified atom stereocenters. The average Bonchev–Trinajstić information content (AvgIpc) is 2.89. The standard InChI is InChI=1S/C12H11ClF3N3S2/c13-7-2-1-3-8(4-7)20-6-9(19-17)10-5-18-11(21-10)12(14,15)16/h1-5,9,19H,6,17H2. The second kappa shape index (κ2) is 6.97. The quantitative estimate of drug-likeness (QED) is 0.482. The van der Waals surface area contributed by atoms with Crippen LogP contribution in [0.25, 0.3) is 0 Å². The van der Waals surface area contributed by atoms with Gasteiger partial charge in [-0.25, -0.2) is 4.98 Å². The van der Waals surface area contributed by atoms with E-state index < -0.39 is 17.2 Å². The first-order chi connectivity index (χ1) is 9.90. The Kier molecular flexibility index (Phi) is 5.50. The van der Waals surface area contributed by atoms with Crippen molar-refractivity contribution < 1.29 is 13.2 Å². The van der Waals surface area contributed by atoms with Crippen molar-refractivity contribution in [1.29, 1.82) is 0 Å². The van der Waals surface area contributed by atoms with Gasteiger partial charge >= 0.3 is 6.18 Å². The summed E-state index contributed by atoms with van der Waals surface area (Å²) in [6.07, 6.45) is -3.22. The third-order valence-electron chi connectivity index (χ3n) is 2.52. The van der Waals surface area contributed by atoms with Gasteiger partial charge in [-0.2, -0.15) is 13.2 Å². The summed E-state index contributed by atoms with van der Waals surface area (Å²) in [7, 11) is 0. The molecule has 2 rings (SSSR count). The van der Waals surface area contributed by atoms with Crippen LogP contribution in [0.1, 0.15) is 15.9 Å². The fraction of sp³-hybridized carbons (Fsp3) is 0.250. The average molecular weight is 354 g/mol. The molecule has 9 heteroatoms. The van der Waals surface area contributed by atoms with E-state index in [0.717, 1.165) is 4.90 Å². The first kappa shape index (κ1) is 16.6. The van der Waals surface area contributed by atoms with E-state index >= 15 is 0 Å². The third-order valence-corrected chi connectivity index (χ3v) is 5.00. The van der Waals surface area contributed by atoms with Crippen LogP contribution in [-0.4, -0.2) is 10.7 Å². The largest absolute Gasteiger partial charge is 0.443 e. The molecule has 114 valence electrons.